The van der Waals surface area contributed by atoms with Crippen LogP contribution in [-0.4, -0.2) is 16.7 Å². The van der Waals surface area contributed by atoms with E-state index in [4.69, 9.17) is 51.5 Å². The Kier molecular flexibility index (Phi) is 5.88. The van der Waals surface area contributed by atoms with E-state index in [2.05, 4.69) is 0 Å². The number of carbonyl (C=O) groups excluding carboxylic acids is 2. The summed E-state index contributed by atoms with van der Waals surface area (Å²) < 4.78 is 0. The first kappa shape index (κ1) is 16.1. The third-order valence-electron chi connectivity index (χ3n) is 1.94. The number of ketones is 2. The van der Waals surface area contributed by atoms with E-state index in [1.54, 1.807) is 24.3 Å². The topological polar surface area (TPSA) is 54.4 Å². The Labute approximate surface area is 129 Å². The minimum Gasteiger partial charge on any atom is -0.508 e. The highest BCUT2D eigenvalue weighted by Crippen LogP contribution is 2.32. The van der Waals surface area contributed by atoms with Crippen molar-refractivity contribution in [3.05, 3.63) is 50.5 Å². The van der Waals surface area contributed by atoms with Crippen LogP contribution in [0.1, 0.15) is 0 Å². The zero-order chi connectivity index (χ0) is 14.6. The van der Waals surface area contributed by atoms with Crippen LogP contribution in [0.2, 0.25) is 0 Å². The van der Waals surface area contributed by atoms with Gasteiger partial charge in [-0.3, -0.25) is 9.59 Å². The number of aromatic hydroxyl groups is 1. The number of hydrogen-bond donors (Lipinski definition) is 1. The highest BCUT2D eigenvalue weighted by Gasteiger charge is 2.31. The molecule has 0 spiro atoms. The normalized spacial score (nSPS) is 15.4. The van der Waals surface area contributed by atoms with Crippen LogP contribution in [0, 0.1) is 0 Å². The summed E-state index contributed by atoms with van der Waals surface area (Å²) in [5, 5.41) is 7.06. The summed E-state index contributed by atoms with van der Waals surface area (Å²) in [5.41, 5.74) is 0. The molecule has 0 bridgehead atoms. The maximum absolute atomic E-state index is 11.0. The Balaban J connectivity index is 0.000000218. The number of carbonyl (C=O) groups is 2. The third-order valence-corrected chi connectivity index (χ3v) is 3.57. The largest absolute Gasteiger partial charge is 0.508 e. The summed E-state index contributed by atoms with van der Waals surface area (Å²) >= 11 is 21.5. The molecule has 3 nitrogen and oxygen atoms in total. The quantitative estimate of drug-likeness (QED) is 0.729. The first-order valence-electron chi connectivity index (χ1n) is 4.80. The van der Waals surface area contributed by atoms with Gasteiger partial charge in [-0.05, 0) is 12.1 Å². The smallest absolute Gasteiger partial charge is 0.219 e. The van der Waals surface area contributed by atoms with E-state index in [1.165, 1.54) is 0 Å². The number of rotatable bonds is 0. The minimum absolute atomic E-state index is 0.322. The Bertz CT molecular complexity index is 514. The van der Waals surface area contributed by atoms with Crippen molar-refractivity contribution in [2.75, 3.05) is 0 Å². The number of benzene rings is 1. The highest BCUT2D eigenvalue weighted by molar-refractivity contribution is 6.69. The molecule has 2 rings (SSSR count). The molecule has 1 aliphatic carbocycles. The molecular weight excluding hydrogens is 334 g/mol. The van der Waals surface area contributed by atoms with Gasteiger partial charge in [0.05, 0.1) is 0 Å². The predicted octanol–water partition coefficient (Wildman–Crippen LogP) is 3.91. The van der Waals surface area contributed by atoms with Crippen molar-refractivity contribution < 1.29 is 14.7 Å². The molecule has 0 atom stereocenters. The van der Waals surface area contributed by atoms with E-state index in [9.17, 15) is 9.59 Å². The van der Waals surface area contributed by atoms with Crippen LogP contribution in [0.4, 0.5) is 0 Å². The average Bonchev–Trinajstić information content (AvgIpc) is 2.42. The Hall–Kier alpha value is -1.00. The van der Waals surface area contributed by atoms with E-state index in [-0.39, 0.29) is 0 Å². The molecule has 0 unspecified atom stereocenters. The number of halogens is 4. The molecule has 1 N–H and O–H groups in total. The fourth-order valence-electron chi connectivity index (χ4n) is 1.02. The second kappa shape index (κ2) is 6.96. The maximum Gasteiger partial charge on any atom is 0.219 e. The summed E-state index contributed by atoms with van der Waals surface area (Å²) in [6.07, 6.45) is 0. The van der Waals surface area contributed by atoms with Gasteiger partial charge in [0.15, 0.2) is 0 Å². The number of phenols is 1. The molecule has 0 saturated heterocycles. The highest BCUT2D eigenvalue weighted by atomic mass is 35.5. The number of allylic oxidation sites excluding steroid dienone is 4. The van der Waals surface area contributed by atoms with E-state index >= 15 is 0 Å². The molecule has 7 heteroatoms. The van der Waals surface area contributed by atoms with Crippen LogP contribution < -0.4 is 0 Å². The zero-order valence-electron chi connectivity index (χ0n) is 9.16. The van der Waals surface area contributed by atoms with Gasteiger partial charge in [0, 0.05) is 0 Å². The van der Waals surface area contributed by atoms with Crippen molar-refractivity contribution in [1.29, 1.82) is 0 Å². The molecule has 0 amide bonds. The zero-order valence-corrected chi connectivity index (χ0v) is 12.2. The van der Waals surface area contributed by atoms with Gasteiger partial charge in [-0.1, -0.05) is 64.6 Å². The van der Waals surface area contributed by atoms with Crippen molar-refractivity contribution in [3.63, 3.8) is 0 Å². The molecular formula is C12H6Cl4O3. The second-order valence-electron chi connectivity index (χ2n) is 3.25. The first-order valence-corrected chi connectivity index (χ1v) is 6.31. The lowest BCUT2D eigenvalue weighted by molar-refractivity contribution is -0.114. The molecule has 1 aromatic carbocycles. The lowest BCUT2D eigenvalue weighted by atomic mass is 10.1. The molecule has 0 saturated carbocycles. The van der Waals surface area contributed by atoms with E-state index in [1.807, 2.05) is 6.07 Å². The summed E-state index contributed by atoms with van der Waals surface area (Å²) in [6.45, 7) is 0. The van der Waals surface area contributed by atoms with Crippen molar-refractivity contribution in [1.82, 2.24) is 0 Å². The maximum atomic E-state index is 11.0. The summed E-state index contributed by atoms with van der Waals surface area (Å²) in [5.74, 6) is -1.14. The van der Waals surface area contributed by atoms with Gasteiger partial charge < -0.3 is 5.11 Å². The van der Waals surface area contributed by atoms with Gasteiger partial charge in [0.1, 0.15) is 25.9 Å². The molecule has 100 valence electrons. The Morgan fingerprint density at radius 1 is 0.684 bits per heavy atom. The molecule has 0 heterocycles. The van der Waals surface area contributed by atoms with Gasteiger partial charge in [0.2, 0.25) is 11.6 Å². The van der Waals surface area contributed by atoms with Gasteiger partial charge in [-0.15, -0.1) is 0 Å². The van der Waals surface area contributed by atoms with Gasteiger partial charge >= 0.3 is 0 Å². The summed E-state index contributed by atoms with van der Waals surface area (Å²) in [4.78, 5) is 22.0. The van der Waals surface area contributed by atoms with Crippen LogP contribution in [-0.2, 0) is 9.59 Å². The molecule has 19 heavy (non-hydrogen) atoms. The number of phenolic OH excluding ortho intramolecular Hbond substituents is 1. The predicted molar refractivity (Wildman–Crippen MR) is 75.6 cm³/mol. The third kappa shape index (κ3) is 3.98. The Morgan fingerprint density at radius 2 is 1.00 bits per heavy atom. The molecule has 0 aliphatic heterocycles. The van der Waals surface area contributed by atoms with Crippen LogP contribution in [0.3, 0.4) is 0 Å². The Morgan fingerprint density at radius 3 is 1.21 bits per heavy atom. The van der Waals surface area contributed by atoms with Crippen molar-refractivity contribution in [2.24, 2.45) is 0 Å². The molecule has 0 aromatic heterocycles. The van der Waals surface area contributed by atoms with Gasteiger partial charge in [0.25, 0.3) is 0 Å². The second-order valence-corrected chi connectivity index (χ2v) is 4.76. The van der Waals surface area contributed by atoms with E-state index in [0.717, 1.165) is 0 Å². The lowest BCUT2D eigenvalue weighted by Gasteiger charge is -2.08. The number of Topliss-reactive ketones (excluding diaryl/α,β-unsaturated/α-hetero) is 2. The average molecular weight is 340 g/mol. The minimum atomic E-state index is -0.729. The monoisotopic (exact) mass is 338 g/mol. The summed E-state index contributed by atoms with van der Waals surface area (Å²) in [7, 11) is 0. The molecule has 0 fully saturated rings. The van der Waals surface area contributed by atoms with Crippen molar-refractivity contribution >= 4 is 58.0 Å². The number of para-hydroxylation sites is 1. The van der Waals surface area contributed by atoms with Crippen molar-refractivity contribution in [2.45, 2.75) is 0 Å². The molecule has 1 aliphatic rings. The van der Waals surface area contributed by atoms with E-state index in [0.29, 0.717) is 5.75 Å². The SMILES string of the molecule is O=C1C(Cl)=C(Cl)C(=O)C(Cl)=C1Cl.Oc1ccccc1. The van der Waals surface area contributed by atoms with Crippen molar-refractivity contribution in [3.8, 4) is 5.75 Å². The first-order chi connectivity index (χ1) is 8.86. The lowest BCUT2D eigenvalue weighted by Crippen LogP contribution is -2.14. The van der Waals surface area contributed by atoms with Gasteiger partial charge in [-0.2, -0.15) is 0 Å². The fraction of sp³-hybridized carbons (Fsp3) is 0. The van der Waals surface area contributed by atoms with Gasteiger partial charge in [-0.25, -0.2) is 0 Å². The standard InChI is InChI=1S/C6Cl4O2.C6H6O/c7-1-2(8)6(12)4(10)3(9)5(1)11;7-6-4-2-1-3-5-6/h;1-5,7H. The fourth-order valence-corrected chi connectivity index (χ4v) is 1.84. The van der Waals surface area contributed by atoms with Crippen LogP contribution in [0.5, 0.6) is 5.75 Å². The van der Waals surface area contributed by atoms with Crippen LogP contribution in [0.15, 0.2) is 50.5 Å². The molecule has 1 aromatic rings. The summed E-state index contributed by atoms with van der Waals surface area (Å²) in [6, 6.07) is 8.71. The van der Waals surface area contributed by atoms with E-state index < -0.39 is 31.7 Å². The van der Waals surface area contributed by atoms with Crippen LogP contribution in [0.25, 0.3) is 0 Å². The molecule has 0 radical (unpaired) electrons. The van der Waals surface area contributed by atoms with Crippen LogP contribution >= 0.6 is 46.4 Å². The number of hydrogen-bond acceptors (Lipinski definition) is 3.